The van der Waals surface area contributed by atoms with E-state index < -0.39 is 21.6 Å². The maximum absolute atomic E-state index is 10.8. The summed E-state index contributed by atoms with van der Waals surface area (Å²) in [4.78, 5) is 0. The molecule has 0 rings (SSSR count). The Morgan fingerprint density at radius 3 is 1.17 bits per heavy atom. The third-order valence-electron chi connectivity index (χ3n) is 2.92. The average molecular weight is 373 g/mol. The summed E-state index contributed by atoms with van der Waals surface area (Å²) in [5.74, 6) is 0. The molecule has 0 spiro atoms. The quantitative estimate of drug-likeness (QED) is 0.487. The van der Waals surface area contributed by atoms with E-state index in [2.05, 4.69) is 39.8 Å². The molecule has 0 radical (unpaired) electrons. The molecule has 140 valence electrons. The van der Waals surface area contributed by atoms with Crippen molar-refractivity contribution < 1.29 is 8.42 Å². The SMILES string of the molecule is CC(C)=CCC/C(C)=C/S(C)=O.CC(C)=CCC/C(C)=C\S(C)=O. The summed E-state index contributed by atoms with van der Waals surface area (Å²) >= 11 is 0. The van der Waals surface area contributed by atoms with E-state index in [9.17, 15) is 8.42 Å². The Morgan fingerprint density at radius 1 is 0.667 bits per heavy atom. The van der Waals surface area contributed by atoms with Gasteiger partial charge in [0.05, 0.1) is 0 Å². The molecule has 0 saturated carbocycles. The van der Waals surface area contributed by atoms with Gasteiger partial charge in [-0.25, -0.2) is 0 Å². The molecular weight excluding hydrogens is 336 g/mol. The summed E-state index contributed by atoms with van der Waals surface area (Å²) in [6.45, 7) is 12.4. The van der Waals surface area contributed by atoms with E-state index in [0.717, 1.165) is 25.7 Å². The van der Waals surface area contributed by atoms with E-state index in [-0.39, 0.29) is 0 Å². The monoisotopic (exact) mass is 372 g/mol. The van der Waals surface area contributed by atoms with Crippen LogP contribution in [0.25, 0.3) is 0 Å². The first-order valence-corrected chi connectivity index (χ1v) is 11.5. The molecule has 2 atom stereocenters. The Labute approximate surface area is 155 Å². The van der Waals surface area contributed by atoms with Gasteiger partial charge in [0.2, 0.25) is 0 Å². The van der Waals surface area contributed by atoms with Gasteiger partial charge in [-0.1, -0.05) is 34.4 Å². The normalized spacial score (nSPS) is 14.2. The minimum atomic E-state index is -0.793. The van der Waals surface area contributed by atoms with E-state index in [0.29, 0.717) is 0 Å². The van der Waals surface area contributed by atoms with Crippen LogP contribution in [0.3, 0.4) is 0 Å². The molecule has 0 amide bonds. The fourth-order valence-electron chi connectivity index (χ4n) is 1.86. The van der Waals surface area contributed by atoms with Crippen molar-refractivity contribution in [1.29, 1.82) is 0 Å². The van der Waals surface area contributed by atoms with E-state index in [1.807, 2.05) is 24.7 Å². The lowest BCUT2D eigenvalue weighted by Crippen LogP contribution is -1.82. The molecule has 0 aliphatic heterocycles. The van der Waals surface area contributed by atoms with Crippen molar-refractivity contribution in [3.05, 3.63) is 45.3 Å². The summed E-state index contributed by atoms with van der Waals surface area (Å²) in [7, 11) is -1.59. The number of allylic oxidation sites excluding steroid dienone is 6. The van der Waals surface area contributed by atoms with Gasteiger partial charge in [-0.2, -0.15) is 0 Å². The third kappa shape index (κ3) is 23.5. The minimum absolute atomic E-state index is 0.793. The van der Waals surface area contributed by atoms with Gasteiger partial charge >= 0.3 is 0 Å². The van der Waals surface area contributed by atoms with Crippen molar-refractivity contribution in [3.63, 3.8) is 0 Å². The lowest BCUT2D eigenvalue weighted by molar-refractivity contribution is 0.690. The molecule has 2 nitrogen and oxygen atoms in total. The second kappa shape index (κ2) is 15.8. The largest absolute Gasteiger partial charge is 0.255 e. The summed E-state index contributed by atoms with van der Waals surface area (Å²) < 4.78 is 21.5. The molecule has 0 aromatic heterocycles. The van der Waals surface area contributed by atoms with Gasteiger partial charge in [0.25, 0.3) is 0 Å². The predicted molar refractivity (Wildman–Crippen MR) is 113 cm³/mol. The van der Waals surface area contributed by atoms with E-state index in [4.69, 9.17) is 0 Å². The van der Waals surface area contributed by atoms with Crippen LogP contribution in [-0.4, -0.2) is 20.9 Å². The molecular formula is C20H36O2S2. The molecule has 0 N–H and O–H groups in total. The Morgan fingerprint density at radius 2 is 0.958 bits per heavy atom. The summed E-state index contributed by atoms with van der Waals surface area (Å²) in [6.07, 6.45) is 12.0. The summed E-state index contributed by atoms with van der Waals surface area (Å²) in [5.41, 5.74) is 5.13. The van der Waals surface area contributed by atoms with Crippen LogP contribution >= 0.6 is 0 Å². The van der Waals surface area contributed by atoms with Crippen molar-refractivity contribution in [2.75, 3.05) is 12.5 Å². The van der Waals surface area contributed by atoms with Gasteiger partial charge in [0, 0.05) is 44.9 Å². The lowest BCUT2D eigenvalue weighted by atomic mass is 10.1. The molecule has 0 aromatic rings. The van der Waals surface area contributed by atoms with Crippen LogP contribution < -0.4 is 0 Å². The third-order valence-corrected chi connectivity index (χ3v) is 4.39. The van der Waals surface area contributed by atoms with Crippen LogP contribution in [0.5, 0.6) is 0 Å². The fraction of sp³-hybridized carbons (Fsp3) is 0.600. The molecule has 0 aliphatic carbocycles. The molecule has 0 heterocycles. The first-order chi connectivity index (χ1) is 11.0. The number of hydrogen-bond donors (Lipinski definition) is 0. The Balaban J connectivity index is 0. The van der Waals surface area contributed by atoms with Gasteiger partial charge in [-0.15, -0.1) is 0 Å². The fourth-order valence-corrected chi connectivity index (χ4v) is 3.23. The van der Waals surface area contributed by atoms with Crippen LogP contribution in [-0.2, 0) is 21.6 Å². The lowest BCUT2D eigenvalue weighted by Gasteiger charge is -1.96. The van der Waals surface area contributed by atoms with Crippen LogP contribution in [0, 0.1) is 0 Å². The highest BCUT2D eigenvalue weighted by Crippen LogP contribution is 2.07. The summed E-state index contributed by atoms with van der Waals surface area (Å²) in [6, 6.07) is 0. The molecule has 24 heavy (non-hydrogen) atoms. The molecule has 0 fully saturated rings. The van der Waals surface area contributed by atoms with E-state index in [1.165, 1.54) is 22.3 Å². The van der Waals surface area contributed by atoms with Crippen LogP contribution in [0.1, 0.15) is 67.2 Å². The maximum atomic E-state index is 10.8. The van der Waals surface area contributed by atoms with Gasteiger partial charge in [-0.05, 0) is 67.2 Å². The average Bonchev–Trinajstić information content (AvgIpc) is 2.36. The van der Waals surface area contributed by atoms with Gasteiger partial charge in [0.15, 0.2) is 0 Å². The zero-order chi connectivity index (χ0) is 19.1. The Hall–Kier alpha value is -0.740. The van der Waals surface area contributed by atoms with Crippen LogP contribution in [0.4, 0.5) is 0 Å². The Kier molecular flexibility index (Phi) is 16.8. The molecule has 0 aliphatic rings. The smallest absolute Gasteiger partial charge is 0.0423 e. The van der Waals surface area contributed by atoms with Crippen molar-refractivity contribution in [2.24, 2.45) is 0 Å². The molecule has 0 bridgehead atoms. The minimum Gasteiger partial charge on any atom is -0.255 e. The second-order valence-corrected chi connectivity index (χ2v) is 9.03. The second-order valence-electron chi connectivity index (χ2n) is 6.57. The van der Waals surface area contributed by atoms with Crippen LogP contribution in [0.15, 0.2) is 45.3 Å². The van der Waals surface area contributed by atoms with E-state index in [1.54, 1.807) is 12.5 Å². The number of hydrogen-bond acceptors (Lipinski definition) is 2. The molecule has 0 aromatic carbocycles. The highest BCUT2D eigenvalue weighted by atomic mass is 32.2. The maximum Gasteiger partial charge on any atom is 0.0423 e. The standard InChI is InChI=1S/2C10H18OS/c2*1-9(2)6-5-7-10(3)8-12(4)11/h2*6,8H,5,7H2,1-4H3/b10-8+;10-8-. The highest BCUT2D eigenvalue weighted by molar-refractivity contribution is 7.87. The molecule has 2 unspecified atom stereocenters. The molecule has 0 saturated heterocycles. The van der Waals surface area contributed by atoms with E-state index >= 15 is 0 Å². The molecule has 4 heteroatoms. The van der Waals surface area contributed by atoms with Crippen molar-refractivity contribution >= 4 is 21.6 Å². The van der Waals surface area contributed by atoms with Crippen LogP contribution in [0.2, 0.25) is 0 Å². The predicted octanol–water partition coefficient (Wildman–Crippen LogP) is 6.03. The zero-order valence-corrected chi connectivity index (χ0v) is 18.4. The van der Waals surface area contributed by atoms with Crippen molar-refractivity contribution in [1.82, 2.24) is 0 Å². The van der Waals surface area contributed by atoms with Gasteiger partial charge in [-0.3, -0.25) is 8.42 Å². The number of rotatable bonds is 8. The van der Waals surface area contributed by atoms with Gasteiger partial charge in [0.1, 0.15) is 0 Å². The van der Waals surface area contributed by atoms with Crippen molar-refractivity contribution in [2.45, 2.75) is 67.2 Å². The van der Waals surface area contributed by atoms with Crippen molar-refractivity contribution in [3.8, 4) is 0 Å². The topological polar surface area (TPSA) is 34.1 Å². The zero-order valence-electron chi connectivity index (χ0n) is 16.8. The summed E-state index contributed by atoms with van der Waals surface area (Å²) in [5, 5.41) is 3.64. The Bertz CT molecular complexity index is 468. The first kappa shape index (κ1) is 25.5. The van der Waals surface area contributed by atoms with Gasteiger partial charge < -0.3 is 0 Å². The first-order valence-electron chi connectivity index (χ1n) is 8.30. The highest BCUT2D eigenvalue weighted by Gasteiger charge is 1.90.